The fraction of sp³-hybridized carbons (Fsp3) is 0.250. The number of carbonyl (C=O) groups is 3. The molecule has 1 amide bonds. The molecule has 6 nitrogen and oxygen atoms in total. The Morgan fingerprint density at radius 1 is 1.12 bits per heavy atom. The molecular formula is C20H19NO5. The van der Waals surface area contributed by atoms with E-state index in [-0.39, 0.29) is 25.2 Å². The maximum Gasteiger partial charge on any atom is 0.344 e. The van der Waals surface area contributed by atoms with E-state index < -0.39 is 5.97 Å². The largest absolute Gasteiger partial charge is 0.481 e. The number of hydrogen-bond donors (Lipinski definition) is 0. The topological polar surface area (TPSA) is 72.9 Å². The smallest absolute Gasteiger partial charge is 0.344 e. The van der Waals surface area contributed by atoms with Crippen LogP contribution in [0.1, 0.15) is 22.8 Å². The minimum atomic E-state index is -0.667. The molecule has 2 aromatic carbocycles. The van der Waals surface area contributed by atoms with E-state index in [1.807, 2.05) is 31.2 Å². The van der Waals surface area contributed by atoms with Gasteiger partial charge in [0.25, 0.3) is 5.91 Å². The van der Waals surface area contributed by atoms with E-state index in [1.54, 1.807) is 29.2 Å². The van der Waals surface area contributed by atoms with Gasteiger partial charge in [-0.1, -0.05) is 30.3 Å². The first-order chi connectivity index (χ1) is 12.6. The number of rotatable bonds is 6. The van der Waals surface area contributed by atoms with Crippen LogP contribution in [0.25, 0.3) is 0 Å². The van der Waals surface area contributed by atoms with Crippen molar-refractivity contribution in [2.24, 2.45) is 0 Å². The summed E-state index contributed by atoms with van der Waals surface area (Å²) in [5, 5.41) is 0. The van der Waals surface area contributed by atoms with Gasteiger partial charge in [-0.3, -0.25) is 9.59 Å². The van der Waals surface area contributed by atoms with Gasteiger partial charge in [0.05, 0.1) is 5.56 Å². The lowest BCUT2D eigenvalue weighted by Gasteiger charge is -2.22. The van der Waals surface area contributed by atoms with Crippen molar-refractivity contribution < 1.29 is 23.9 Å². The molecular weight excluding hydrogens is 334 g/mol. The number of carbonyl (C=O) groups excluding carboxylic acids is 3. The fourth-order valence-corrected chi connectivity index (χ4v) is 3.05. The highest BCUT2D eigenvalue weighted by Crippen LogP contribution is 2.31. The molecule has 1 aliphatic rings. The maximum absolute atomic E-state index is 12.5. The Bertz CT molecular complexity index is 832. The lowest BCUT2D eigenvalue weighted by atomic mass is 10.1. The van der Waals surface area contributed by atoms with Gasteiger partial charge in [-0.25, -0.2) is 4.79 Å². The van der Waals surface area contributed by atoms with Gasteiger partial charge in [0.1, 0.15) is 5.75 Å². The van der Waals surface area contributed by atoms with E-state index in [9.17, 15) is 14.4 Å². The van der Waals surface area contributed by atoms with Crippen molar-refractivity contribution in [1.82, 2.24) is 0 Å². The molecule has 6 heteroatoms. The van der Waals surface area contributed by atoms with Crippen LogP contribution in [0.2, 0.25) is 0 Å². The second-order valence-electron chi connectivity index (χ2n) is 6.05. The van der Waals surface area contributed by atoms with E-state index in [1.165, 1.54) is 0 Å². The Hall–Kier alpha value is -3.15. The highest BCUT2D eigenvalue weighted by molar-refractivity contribution is 5.97. The van der Waals surface area contributed by atoms with Gasteiger partial charge >= 0.3 is 5.97 Å². The summed E-state index contributed by atoms with van der Waals surface area (Å²) in [5.41, 5.74) is 2.31. The van der Waals surface area contributed by atoms with Crippen LogP contribution in [0.3, 0.4) is 0 Å². The van der Waals surface area contributed by atoms with Gasteiger partial charge in [-0.05, 0) is 37.1 Å². The molecule has 0 N–H and O–H groups in total. The zero-order valence-corrected chi connectivity index (χ0v) is 14.4. The summed E-state index contributed by atoms with van der Waals surface area (Å²) in [5.74, 6) is -0.642. The van der Waals surface area contributed by atoms with Crippen molar-refractivity contribution in [2.45, 2.75) is 19.4 Å². The lowest BCUT2D eigenvalue weighted by Crippen LogP contribution is -2.39. The van der Waals surface area contributed by atoms with Crippen molar-refractivity contribution in [3.8, 4) is 5.75 Å². The number of amides is 1. The highest BCUT2D eigenvalue weighted by Gasteiger charge is 2.30. The molecule has 0 radical (unpaired) electrons. The third-order valence-corrected chi connectivity index (χ3v) is 4.22. The molecule has 0 fully saturated rings. The van der Waals surface area contributed by atoms with E-state index in [0.29, 0.717) is 17.6 Å². The first-order valence-electron chi connectivity index (χ1n) is 8.32. The van der Waals surface area contributed by atoms with Crippen molar-refractivity contribution in [2.75, 3.05) is 18.1 Å². The monoisotopic (exact) mass is 353 g/mol. The van der Waals surface area contributed by atoms with Crippen molar-refractivity contribution in [3.05, 3.63) is 59.7 Å². The molecule has 0 unspecified atom stereocenters. The Morgan fingerprint density at radius 2 is 1.85 bits per heavy atom. The first-order valence-corrected chi connectivity index (χ1v) is 8.32. The number of aldehydes is 1. The molecule has 0 bridgehead atoms. The Labute approximate surface area is 151 Å². The van der Waals surface area contributed by atoms with E-state index in [2.05, 4.69) is 0 Å². The quantitative estimate of drug-likeness (QED) is 0.589. The van der Waals surface area contributed by atoms with Crippen molar-refractivity contribution in [3.63, 3.8) is 0 Å². The molecule has 2 aromatic rings. The number of benzene rings is 2. The minimum absolute atomic E-state index is 0.0225. The zero-order chi connectivity index (χ0) is 18.5. The summed E-state index contributed by atoms with van der Waals surface area (Å²) in [6, 6.07) is 14.3. The number of nitrogens with zero attached hydrogens (tertiary/aromatic N) is 1. The van der Waals surface area contributed by atoms with Crippen LogP contribution in [-0.4, -0.2) is 37.4 Å². The van der Waals surface area contributed by atoms with Crippen LogP contribution in [0.5, 0.6) is 5.75 Å². The molecule has 134 valence electrons. The van der Waals surface area contributed by atoms with Crippen LogP contribution in [0.15, 0.2) is 48.5 Å². The fourth-order valence-electron chi connectivity index (χ4n) is 3.05. The molecule has 1 atom stereocenters. The molecule has 0 aromatic heterocycles. The molecule has 3 rings (SSSR count). The van der Waals surface area contributed by atoms with Gasteiger partial charge in [-0.2, -0.15) is 0 Å². The Kier molecular flexibility index (Phi) is 5.31. The number of esters is 1. The van der Waals surface area contributed by atoms with Crippen molar-refractivity contribution >= 4 is 23.9 Å². The average Bonchev–Trinajstić information content (AvgIpc) is 3.00. The second-order valence-corrected chi connectivity index (χ2v) is 6.05. The molecule has 26 heavy (non-hydrogen) atoms. The van der Waals surface area contributed by atoms with Crippen LogP contribution in [0, 0.1) is 0 Å². The summed E-state index contributed by atoms with van der Waals surface area (Å²) >= 11 is 0. The second kappa shape index (κ2) is 7.82. The number of hydrogen-bond acceptors (Lipinski definition) is 5. The molecule has 1 heterocycles. The summed E-state index contributed by atoms with van der Waals surface area (Å²) in [6.07, 6.45) is 1.43. The standard InChI is InChI=1S/C20H19NO5/c1-14-10-15-6-2-4-8-17(15)21(14)19(23)12-26-20(24)13-25-18-9-5-3-7-16(18)11-22/h2-9,11,14H,10,12-13H2,1H3/t14-/m1/s1. The molecule has 0 saturated carbocycles. The summed E-state index contributed by atoms with van der Waals surface area (Å²) in [7, 11) is 0. The lowest BCUT2D eigenvalue weighted by molar-refractivity contribution is -0.149. The molecule has 0 saturated heterocycles. The Morgan fingerprint density at radius 3 is 2.65 bits per heavy atom. The highest BCUT2D eigenvalue weighted by atomic mass is 16.6. The minimum Gasteiger partial charge on any atom is -0.481 e. The number of para-hydroxylation sites is 2. The summed E-state index contributed by atoms with van der Waals surface area (Å²) in [4.78, 5) is 36.9. The average molecular weight is 353 g/mol. The molecule has 0 spiro atoms. The number of fused-ring (bicyclic) bond motifs is 1. The van der Waals surface area contributed by atoms with Gasteiger partial charge in [0.15, 0.2) is 19.5 Å². The number of anilines is 1. The predicted molar refractivity (Wildman–Crippen MR) is 95.4 cm³/mol. The third kappa shape index (κ3) is 3.74. The normalized spacial score (nSPS) is 15.3. The van der Waals surface area contributed by atoms with Gasteiger partial charge in [0, 0.05) is 11.7 Å². The van der Waals surface area contributed by atoms with Crippen LogP contribution < -0.4 is 9.64 Å². The maximum atomic E-state index is 12.5. The van der Waals surface area contributed by atoms with Crippen LogP contribution in [0.4, 0.5) is 5.69 Å². The molecule has 0 aliphatic carbocycles. The van der Waals surface area contributed by atoms with E-state index in [0.717, 1.165) is 17.7 Å². The van der Waals surface area contributed by atoms with E-state index >= 15 is 0 Å². The van der Waals surface area contributed by atoms with E-state index in [4.69, 9.17) is 9.47 Å². The van der Waals surface area contributed by atoms with Gasteiger partial charge in [0.2, 0.25) is 0 Å². The van der Waals surface area contributed by atoms with Gasteiger partial charge in [-0.15, -0.1) is 0 Å². The first kappa shape index (κ1) is 17.7. The third-order valence-electron chi connectivity index (χ3n) is 4.22. The SMILES string of the molecule is C[C@@H]1Cc2ccccc2N1C(=O)COC(=O)COc1ccccc1C=O. The van der Waals surface area contributed by atoms with Crippen molar-refractivity contribution in [1.29, 1.82) is 0 Å². The van der Waals surface area contributed by atoms with Gasteiger partial charge < -0.3 is 14.4 Å². The zero-order valence-electron chi connectivity index (χ0n) is 14.4. The predicted octanol–water partition coefficient (Wildman–Crippen LogP) is 2.40. The molecule has 1 aliphatic heterocycles. The summed E-state index contributed by atoms with van der Waals surface area (Å²) < 4.78 is 10.3. The Balaban J connectivity index is 1.53. The van der Waals surface area contributed by atoms with Crippen LogP contribution in [-0.2, 0) is 20.7 Å². The van der Waals surface area contributed by atoms with Crippen LogP contribution >= 0.6 is 0 Å². The summed E-state index contributed by atoms with van der Waals surface area (Å²) in [6.45, 7) is 1.24. The number of ether oxygens (including phenoxy) is 2.